The molecule has 0 aromatic heterocycles. The molecule has 0 radical (unpaired) electrons. The summed E-state index contributed by atoms with van der Waals surface area (Å²) in [4.78, 5) is 4.43. The molecule has 2 aromatic rings. The van der Waals surface area contributed by atoms with Crippen molar-refractivity contribution in [1.29, 1.82) is 0 Å². The summed E-state index contributed by atoms with van der Waals surface area (Å²) < 4.78 is 21.2. The Kier molecular flexibility index (Phi) is 3.64. The van der Waals surface area contributed by atoms with E-state index < -0.39 is 0 Å². The van der Waals surface area contributed by atoms with Gasteiger partial charge in [-0.15, -0.1) is 0 Å². The lowest BCUT2D eigenvalue weighted by Gasteiger charge is -2.06. The normalized spacial score (nSPS) is 12.7. The van der Waals surface area contributed by atoms with Gasteiger partial charge in [-0.3, -0.25) is 4.99 Å². The maximum Gasteiger partial charge on any atom is 0.231 e. The predicted octanol–water partition coefficient (Wildman–Crippen LogP) is 3.18. The van der Waals surface area contributed by atoms with Gasteiger partial charge in [-0.1, -0.05) is 0 Å². The zero-order valence-corrected chi connectivity index (χ0v) is 11.8. The van der Waals surface area contributed by atoms with Gasteiger partial charge in [-0.05, 0) is 30.3 Å². The molecule has 1 aliphatic rings. The first-order chi connectivity index (χ1) is 10.3. The topological polar surface area (TPSA) is 49.3 Å². The van der Waals surface area contributed by atoms with Gasteiger partial charge in [0, 0.05) is 17.8 Å². The number of aliphatic imine (C=N–C) groups is 1. The van der Waals surface area contributed by atoms with Crippen LogP contribution in [0.1, 0.15) is 5.56 Å². The molecule has 1 heterocycles. The highest BCUT2D eigenvalue weighted by Crippen LogP contribution is 2.37. The second-order valence-corrected chi connectivity index (χ2v) is 4.40. The first kappa shape index (κ1) is 13.3. The molecular formula is C16H15NO4. The van der Waals surface area contributed by atoms with Crippen molar-refractivity contribution < 1.29 is 18.9 Å². The molecule has 0 amide bonds. The zero-order chi connectivity index (χ0) is 14.7. The van der Waals surface area contributed by atoms with Crippen LogP contribution in [0.15, 0.2) is 41.4 Å². The third-order valence-electron chi connectivity index (χ3n) is 3.15. The van der Waals surface area contributed by atoms with Crippen molar-refractivity contribution in [1.82, 2.24) is 0 Å². The molecule has 0 unspecified atom stereocenters. The molecule has 21 heavy (non-hydrogen) atoms. The van der Waals surface area contributed by atoms with Crippen LogP contribution in [0.5, 0.6) is 23.0 Å². The van der Waals surface area contributed by atoms with Gasteiger partial charge in [0.15, 0.2) is 11.5 Å². The highest BCUT2D eigenvalue weighted by molar-refractivity contribution is 5.87. The van der Waals surface area contributed by atoms with Crippen LogP contribution in [-0.4, -0.2) is 27.2 Å². The number of fused-ring (bicyclic) bond motifs is 1. The zero-order valence-electron chi connectivity index (χ0n) is 11.8. The third kappa shape index (κ3) is 2.76. The number of hydrogen-bond donors (Lipinski definition) is 0. The van der Waals surface area contributed by atoms with Crippen LogP contribution in [-0.2, 0) is 0 Å². The van der Waals surface area contributed by atoms with Crippen LogP contribution >= 0.6 is 0 Å². The van der Waals surface area contributed by atoms with Gasteiger partial charge < -0.3 is 18.9 Å². The molecule has 5 nitrogen and oxygen atoms in total. The first-order valence-electron chi connectivity index (χ1n) is 6.46. The highest BCUT2D eigenvalue weighted by Gasteiger charge is 2.16. The molecule has 2 aromatic carbocycles. The largest absolute Gasteiger partial charge is 0.497 e. The fraction of sp³-hybridized carbons (Fsp3) is 0.188. The molecule has 0 saturated carbocycles. The minimum Gasteiger partial charge on any atom is -0.497 e. The minimum absolute atomic E-state index is 0.234. The van der Waals surface area contributed by atoms with E-state index in [1.165, 1.54) is 0 Å². The minimum atomic E-state index is 0.234. The average molecular weight is 285 g/mol. The van der Waals surface area contributed by atoms with Gasteiger partial charge in [0.25, 0.3) is 0 Å². The Hall–Kier alpha value is -2.69. The van der Waals surface area contributed by atoms with Gasteiger partial charge in [0.05, 0.1) is 19.9 Å². The molecule has 5 heteroatoms. The Balaban J connectivity index is 1.87. The molecular weight excluding hydrogens is 270 g/mol. The summed E-state index contributed by atoms with van der Waals surface area (Å²) in [5, 5.41) is 0. The van der Waals surface area contributed by atoms with Crippen molar-refractivity contribution in [2.45, 2.75) is 0 Å². The fourth-order valence-electron chi connectivity index (χ4n) is 2.03. The van der Waals surface area contributed by atoms with Crippen molar-refractivity contribution in [3.63, 3.8) is 0 Å². The number of rotatable bonds is 4. The Labute approximate surface area is 122 Å². The van der Waals surface area contributed by atoms with Crippen LogP contribution < -0.4 is 18.9 Å². The number of ether oxygens (including phenoxy) is 4. The van der Waals surface area contributed by atoms with Crippen molar-refractivity contribution in [2.75, 3.05) is 21.0 Å². The lowest BCUT2D eigenvalue weighted by atomic mass is 10.2. The maximum atomic E-state index is 5.36. The van der Waals surface area contributed by atoms with Crippen molar-refractivity contribution >= 4 is 11.9 Å². The Morgan fingerprint density at radius 2 is 1.71 bits per heavy atom. The molecule has 0 bridgehead atoms. The first-order valence-corrected chi connectivity index (χ1v) is 6.46. The van der Waals surface area contributed by atoms with Crippen LogP contribution in [0.3, 0.4) is 0 Å². The van der Waals surface area contributed by atoms with E-state index in [1.807, 2.05) is 30.3 Å². The van der Waals surface area contributed by atoms with E-state index in [-0.39, 0.29) is 6.79 Å². The van der Waals surface area contributed by atoms with Gasteiger partial charge >= 0.3 is 0 Å². The molecule has 0 N–H and O–H groups in total. The molecule has 0 atom stereocenters. The highest BCUT2D eigenvalue weighted by atomic mass is 16.7. The monoisotopic (exact) mass is 285 g/mol. The van der Waals surface area contributed by atoms with Gasteiger partial charge in [0.2, 0.25) is 6.79 Å². The van der Waals surface area contributed by atoms with E-state index >= 15 is 0 Å². The van der Waals surface area contributed by atoms with Crippen LogP contribution in [0.2, 0.25) is 0 Å². The molecule has 0 spiro atoms. The van der Waals surface area contributed by atoms with Crippen LogP contribution in [0.4, 0.5) is 5.69 Å². The summed E-state index contributed by atoms with van der Waals surface area (Å²) >= 11 is 0. The predicted molar refractivity (Wildman–Crippen MR) is 79.4 cm³/mol. The summed E-state index contributed by atoms with van der Waals surface area (Å²) in [7, 11) is 3.25. The second-order valence-electron chi connectivity index (χ2n) is 4.40. The smallest absolute Gasteiger partial charge is 0.231 e. The molecule has 108 valence electrons. The molecule has 1 aliphatic heterocycles. The average Bonchev–Trinajstić information content (AvgIpc) is 2.99. The number of nitrogens with zero attached hydrogens (tertiary/aromatic N) is 1. The van der Waals surface area contributed by atoms with Crippen LogP contribution in [0.25, 0.3) is 0 Å². The van der Waals surface area contributed by atoms with E-state index in [0.29, 0.717) is 17.2 Å². The number of methoxy groups -OCH3 is 2. The van der Waals surface area contributed by atoms with Crippen LogP contribution in [0, 0.1) is 0 Å². The van der Waals surface area contributed by atoms with E-state index in [0.717, 1.165) is 17.0 Å². The lowest BCUT2D eigenvalue weighted by molar-refractivity contribution is 0.174. The SMILES string of the molecule is COc1ccc(N=Cc2cc3c(cc2OC)OCO3)cc1. The van der Waals surface area contributed by atoms with E-state index in [4.69, 9.17) is 18.9 Å². The van der Waals surface area contributed by atoms with Gasteiger partial charge in [0.1, 0.15) is 11.5 Å². The number of hydrogen-bond acceptors (Lipinski definition) is 5. The van der Waals surface area contributed by atoms with Crippen molar-refractivity contribution in [2.24, 2.45) is 4.99 Å². The fourth-order valence-corrected chi connectivity index (χ4v) is 2.03. The Bertz CT molecular complexity index is 665. The summed E-state index contributed by atoms with van der Waals surface area (Å²) in [6, 6.07) is 11.2. The summed E-state index contributed by atoms with van der Waals surface area (Å²) in [5.41, 5.74) is 1.66. The third-order valence-corrected chi connectivity index (χ3v) is 3.15. The molecule has 0 aliphatic carbocycles. The van der Waals surface area contributed by atoms with E-state index in [1.54, 1.807) is 26.5 Å². The summed E-state index contributed by atoms with van der Waals surface area (Å²) in [6.45, 7) is 0.234. The maximum absolute atomic E-state index is 5.36. The standard InChI is InChI=1S/C16H15NO4/c1-18-13-5-3-12(4-6-13)17-9-11-7-15-16(21-10-20-15)8-14(11)19-2/h3-9H,10H2,1-2H3. The van der Waals surface area contributed by atoms with E-state index in [9.17, 15) is 0 Å². The number of benzene rings is 2. The second kappa shape index (κ2) is 5.75. The molecule has 0 fully saturated rings. The molecule has 0 saturated heterocycles. The van der Waals surface area contributed by atoms with Gasteiger partial charge in [-0.25, -0.2) is 0 Å². The molecule has 3 rings (SSSR count). The van der Waals surface area contributed by atoms with E-state index in [2.05, 4.69) is 4.99 Å². The summed E-state index contributed by atoms with van der Waals surface area (Å²) in [5.74, 6) is 2.88. The summed E-state index contributed by atoms with van der Waals surface area (Å²) in [6.07, 6.45) is 1.74. The Morgan fingerprint density at radius 1 is 1.00 bits per heavy atom. The van der Waals surface area contributed by atoms with Gasteiger partial charge in [-0.2, -0.15) is 0 Å². The Morgan fingerprint density at radius 3 is 2.38 bits per heavy atom. The quantitative estimate of drug-likeness (QED) is 0.809. The van der Waals surface area contributed by atoms with Crippen molar-refractivity contribution in [3.8, 4) is 23.0 Å². The lowest BCUT2D eigenvalue weighted by Crippen LogP contribution is -1.92. The van der Waals surface area contributed by atoms with Crippen molar-refractivity contribution in [3.05, 3.63) is 42.0 Å².